The number of carbonyl (C=O) groups excluding carboxylic acids is 1. The van der Waals surface area contributed by atoms with Gasteiger partial charge in [-0.2, -0.15) is 0 Å². The third kappa shape index (κ3) is 3.71. The Bertz CT molecular complexity index is 1240. The molecule has 3 nitrogen and oxygen atoms in total. The molecule has 0 unspecified atom stereocenters. The van der Waals surface area contributed by atoms with Gasteiger partial charge in [-0.3, -0.25) is 4.79 Å². The predicted molar refractivity (Wildman–Crippen MR) is 114 cm³/mol. The SMILES string of the molecule is Cc1c(C)n(Cc2ccccc2F)c2ccc(C(=O)NCc3ccccc3F)cc12. The van der Waals surface area contributed by atoms with Crippen LogP contribution in [0, 0.1) is 25.5 Å². The van der Waals surface area contributed by atoms with Crippen molar-refractivity contribution in [3.63, 3.8) is 0 Å². The van der Waals surface area contributed by atoms with Gasteiger partial charge in [0, 0.05) is 39.8 Å². The summed E-state index contributed by atoms with van der Waals surface area (Å²) in [7, 11) is 0. The maximum Gasteiger partial charge on any atom is 0.251 e. The van der Waals surface area contributed by atoms with E-state index in [0.29, 0.717) is 23.2 Å². The minimum absolute atomic E-state index is 0.121. The molecule has 0 aliphatic rings. The lowest BCUT2D eigenvalue weighted by Gasteiger charge is -2.10. The number of halogens is 2. The van der Waals surface area contributed by atoms with Gasteiger partial charge in [-0.15, -0.1) is 0 Å². The zero-order valence-electron chi connectivity index (χ0n) is 16.9. The van der Waals surface area contributed by atoms with Gasteiger partial charge in [0.15, 0.2) is 0 Å². The lowest BCUT2D eigenvalue weighted by molar-refractivity contribution is 0.0950. The van der Waals surface area contributed by atoms with E-state index < -0.39 is 0 Å². The van der Waals surface area contributed by atoms with Crippen LogP contribution in [0.5, 0.6) is 0 Å². The average molecular weight is 404 g/mol. The van der Waals surface area contributed by atoms with E-state index in [4.69, 9.17) is 0 Å². The normalized spacial score (nSPS) is 11.1. The van der Waals surface area contributed by atoms with E-state index in [2.05, 4.69) is 9.88 Å². The number of nitrogens with one attached hydrogen (secondary N) is 1. The Morgan fingerprint density at radius 3 is 2.20 bits per heavy atom. The zero-order valence-corrected chi connectivity index (χ0v) is 16.9. The summed E-state index contributed by atoms with van der Waals surface area (Å²) in [5.41, 5.74) is 4.57. The summed E-state index contributed by atoms with van der Waals surface area (Å²) in [5, 5.41) is 3.72. The molecule has 0 atom stereocenters. The molecular weight excluding hydrogens is 382 g/mol. The number of hydrogen-bond donors (Lipinski definition) is 1. The summed E-state index contributed by atoms with van der Waals surface area (Å²) in [5.74, 6) is -0.843. The average Bonchev–Trinajstić information content (AvgIpc) is 2.99. The van der Waals surface area contributed by atoms with E-state index >= 15 is 0 Å². The van der Waals surface area contributed by atoms with Crippen molar-refractivity contribution in [3.8, 4) is 0 Å². The van der Waals surface area contributed by atoms with Crippen LogP contribution in [0.4, 0.5) is 8.78 Å². The molecule has 0 fully saturated rings. The zero-order chi connectivity index (χ0) is 21.3. The van der Waals surface area contributed by atoms with E-state index in [1.54, 1.807) is 36.4 Å². The van der Waals surface area contributed by atoms with E-state index in [1.807, 2.05) is 32.0 Å². The van der Waals surface area contributed by atoms with Gasteiger partial charge in [-0.25, -0.2) is 8.78 Å². The van der Waals surface area contributed by atoms with Crippen LogP contribution in [-0.4, -0.2) is 10.5 Å². The van der Waals surface area contributed by atoms with Crippen molar-refractivity contribution in [3.05, 3.63) is 106 Å². The van der Waals surface area contributed by atoms with Crippen LogP contribution in [0.2, 0.25) is 0 Å². The number of benzene rings is 3. The first kappa shape index (κ1) is 19.8. The van der Waals surface area contributed by atoms with Gasteiger partial charge in [0.05, 0.1) is 6.54 Å². The van der Waals surface area contributed by atoms with E-state index in [1.165, 1.54) is 12.1 Å². The molecule has 5 heteroatoms. The minimum Gasteiger partial charge on any atom is -0.348 e. The summed E-state index contributed by atoms with van der Waals surface area (Å²) >= 11 is 0. The van der Waals surface area contributed by atoms with Crippen LogP contribution < -0.4 is 5.32 Å². The molecule has 0 radical (unpaired) electrons. The highest BCUT2D eigenvalue weighted by Gasteiger charge is 2.15. The lowest BCUT2D eigenvalue weighted by Crippen LogP contribution is -2.23. The van der Waals surface area contributed by atoms with Crippen LogP contribution in [0.15, 0.2) is 66.7 Å². The highest BCUT2D eigenvalue weighted by Crippen LogP contribution is 2.27. The molecule has 152 valence electrons. The van der Waals surface area contributed by atoms with Crippen LogP contribution in [0.25, 0.3) is 10.9 Å². The molecule has 30 heavy (non-hydrogen) atoms. The van der Waals surface area contributed by atoms with Gasteiger partial charge in [0.1, 0.15) is 11.6 Å². The highest BCUT2D eigenvalue weighted by atomic mass is 19.1. The van der Waals surface area contributed by atoms with E-state index in [-0.39, 0.29) is 24.1 Å². The number of fused-ring (bicyclic) bond motifs is 1. The molecular formula is C25H22F2N2O. The summed E-state index contributed by atoms with van der Waals surface area (Å²) in [4.78, 5) is 12.6. The van der Waals surface area contributed by atoms with Gasteiger partial charge >= 0.3 is 0 Å². The van der Waals surface area contributed by atoms with Gasteiger partial charge in [-0.05, 0) is 49.7 Å². The Labute approximate surface area is 174 Å². The van der Waals surface area contributed by atoms with Crippen molar-refractivity contribution in [1.82, 2.24) is 9.88 Å². The summed E-state index contributed by atoms with van der Waals surface area (Å²) in [6.45, 7) is 4.53. The second kappa shape index (κ2) is 8.11. The number of aromatic nitrogens is 1. The molecule has 3 aromatic carbocycles. The minimum atomic E-state index is -0.343. The molecule has 0 bridgehead atoms. The maximum atomic E-state index is 14.1. The fraction of sp³-hybridized carbons (Fsp3) is 0.160. The quantitative estimate of drug-likeness (QED) is 0.467. The third-order valence-corrected chi connectivity index (χ3v) is 5.58. The Hall–Kier alpha value is -3.47. The highest BCUT2D eigenvalue weighted by molar-refractivity contribution is 5.99. The Morgan fingerprint density at radius 1 is 0.900 bits per heavy atom. The Morgan fingerprint density at radius 2 is 1.53 bits per heavy atom. The first-order valence-corrected chi connectivity index (χ1v) is 9.80. The van der Waals surface area contributed by atoms with Crippen molar-refractivity contribution in [2.45, 2.75) is 26.9 Å². The first-order chi connectivity index (χ1) is 14.5. The molecule has 1 heterocycles. The monoisotopic (exact) mass is 404 g/mol. The number of aryl methyl sites for hydroxylation is 1. The molecule has 1 N–H and O–H groups in total. The largest absolute Gasteiger partial charge is 0.348 e. The second-order valence-electron chi connectivity index (χ2n) is 7.39. The molecule has 0 aliphatic heterocycles. The number of nitrogens with zero attached hydrogens (tertiary/aromatic N) is 1. The Kier molecular flexibility index (Phi) is 5.36. The summed E-state index contributed by atoms with van der Waals surface area (Å²) in [6, 6.07) is 18.6. The molecule has 0 spiro atoms. The predicted octanol–water partition coefficient (Wildman–Crippen LogP) is 5.51. The van der Waals surface area contributed by atoms with E-state index in [0.717, 1.165) is 22.2 Å². The summed E-state index contributed by atoms with van der Waals surface area (Å²) < 4.78 is 30.0. The number of carbonyl (C=O) groups is 1. The van der Waals surface area contributed by atoms with Crippen LogP contribution in [0.1, 0.15) is 32.7 Å². The number of amides is 1. The fourth-order valence-electron chi connectivity index (χ4n) is 3.71. The fourth-order valence-corrected chi connectivity index (χ4v) is 3.71. The van der Waals surface area contributed by atoms with Crippen molar-refractivity contribution >= 4 is 16.8 Å². The van der Waals surface area contributed by atoms with Crippen molar-refractivity contribution in [1.29, 1.82) is 0 Å². The summed E-state index contributed by atoms with van der Waals surface area (Å²) in [6.07, 6.45) is 0. The van der Waals surface area contributed by atoms with Crippen molar-refractivity contribution in [2.24, 2.45) is 0 Å². The first-order valence-electron chi connectivity index (χ1n) is 9.80. The van der Waals surface area contributed by atoms with Crippen LogP contribution >= 0.6 is 0 Å². The van der Waals surface area contributed by atoms with Crippen LogP contribution in [0.3, 0.4) is 0 Å². The number of hydrogen-bond acceptors (Lipinski definition) is 1. The molecule has 0 aliphatic carbocycles. The molecule has 1 amide bonds. The lowest BCUT2D eigenvalue weighted by atomic mass is 10.1. The van der Waals surface area contributed by atoms with Gasteiger partial charge in [-0.1, -0.05) is 36.4 Å². The van der Waals surface area contributed by atoms with Gasteiger partial charge in [0.25, 0.3) is 5.91 Å². The smallest absolute Gasteiger partial charge is 0.251 e. The Balaban J connectivity index is 1.61. The van der Waals surface area contributed by atoms with Crippen LogP contribution in [-0.2, 0) is 13.1 Å². The molecule has 0 saturated carbocycles. The molecule has 4 aromatic rings. The second-order valence-corrected chi connectivity index (χ2v) is 7.39. The van der Waals surface area contributed by atoms with Gasteiger partial charge in [0.2, 0.25) is 0 Å². The molecule has 4 rings (SSSR count). The maximum absolute atomic E-state index is 14.1. The third-order valence-electron chi connectivity index (χ3n) is 5.58. The number of rotatable bonds is 5. The van der Waals surface area contributed by atoms with Crippen molar-refractivity contribution in [2.75, 3.05) is 0 Å². The standard InChI is InChI=1S/C25H22F2N2O/c1-16-17(2)29(15-20-8-4-6-10-23(20)27)24-12-11-18(13-21(16)24)25(30)28-14-19-7-3-5-9-22(19)26/h3-13H,14-15H2,1-2H3,(H,28,30). The van der Waals surface area contributed by atoms with Crippen molar-refractivity contribution < 1.29 is 13.6 Å². The van der Waals surface area contributed by atoms with Gasteiger partial charge < -0.3 is 9.88 Å². The molecule has 1 aromatic heterocycles. The molecule has 0 saturated heterocycles. The topological polar surface area (TPSA) is 34.0 Å². The van der Waals surface area contributed by atoms with E-state index in [9.17, 15) is 13.6 Å².